The third-order valence-electron chi connectivity index (χ3n) is 3.58. The second-order valence-electron chi connectivity index (χ2n) is 5.11. The van der Waals surface area contributed by atoms with Gasteiger partial charge in [0.1, 0.15) is 11.3 Å². The van der Waals surface area contributed by atoms with Crippen molar-refractivity contribution in [3.63, 3.8) is 0 Å². The number of amides is 1. The summed E-state index contributed by atoms with van der Waals surface area (Å²) in [5.74, 6) is -0.137. The van der Waals surface area contributed by atoms with E-state index in [2.05, 4.69) is 15.2 Å². The van der Waals surface area contributed by atoms with E-state index < -0.39 is 6.10 Å². The highest BCUT2D eigenvalue weighted by Gasteiger charge is 2.25. The number of likely N-dealkylation sites (N-methyl/N-ethyl adjacent to an activating group) is 1. The molecule has 1 atom stereocenters. The fraction of sp³-hybridized carbons (Fsp3) is 0.333. The molecule has 1 aromatic carbocycles. The van der Waals surface area contributed by atoms with Gasteiger partial charge in [0.15, 0.2) is 0 Å². The van der Waals surface area contributed by atoms with Crippen molar-refractivity contribution < 1.29 is 9.53 Å². The number of nitrogens with one attached hydrogen (secondary N) is 1. The molecule has 0 aliphatic carbocycles. The Hall–Kier alpha value is -1.69. The smallest absolute Gasteiger partial charge is 0.254 e. The van der Waals surface area contributed by atoms with E-state index in [1.54, 1.807) is 6.20 Å². The first-order valence-corrected chi connectivity index (χ1v) is 7.17. The molecule has 0 bridgehead atoms. The first-order valence-electron chi connectivity index (χ1n) is 6.79. The number of fused-ring (bicyclic) bond motifs is 1. The van der Waals surface area contributed by atoms with Crippen molar-refractivity contribution in [1.82, 2.24) is 9.88 Å². The van der Waals surface area contributed by atoms with Gasteiger partial charge in [0, 0.05) is 35.7 Å². The van der Waals surface area contributed by atoms with Crippen LogP contribution in [0, 0.1) is 0 Å². The number of ether oxygens (including phenoxy) is 1. The first-order chi connectivity index (χ1) is 10.1. The van der Waals surface area contributed by atoms with Crippen molar-refractivity contribution in [3.05, 3.63) is 35.6 Å². The number of halogens is 1. The summed E-state index contributed by atoms with van der Waals surface area (Å²) in [7, 11) is 1.98. The molecular weight excluding hydrogens is 290 g/mol. The van der Waals surface area contributed by atoms with E-state index in [0.29, 0.717) is 18.3 Å². The molecule has 2 heterocycles. The Kier molecular flexibility index (Phi) is 4.05. The maximum Gasteiger partial charge on any atom is 0.254 e. The molecule has 5 nitrogen and oxygen atoms in total. The van der Waals surface area contributed by atoms with Gasteiger partial charge in [-0.2, -0.15) is 0 Å². The Morgan fingerprint density at radius 2 is 2.29 bits per heavy atom. The number of anilines is 1. The van der Waals surface area contributed by atoms with Gasteiger partial charge in [-0.25, -0.2) is 4.98 Å². The lowest BCUT2D eigenvalue weighted by atomic mass is 10.1. The quantitative estimate of drug-likeness (QED) is 0.864. The predicted molar refractivity (Wildman–Crippen MR) is 82.6 cm³/mol. The van der Waals surface area contributed by atoms with E-state index in [9.17, 15) is 4.79 Å². The Morgan fingerprint density at radius 1 is 1.43 bits per heavy atom. The molecule has 21 heavy (non-hydrogen) atoms. The van der Waals surface area contributed by atoms with Gasteiger partial charge in [0.2, 0.25) is 0 Å². The lowest BCUT2D eigenvalue weighted by Crippen LogP contribution is -2.46. The van der Waals surface area contributed by atoms with Gasteiger partial charge < -0.3 is 15.0 Å². The van der Waals surface area contributed by atoms with E-state index in [0.717, 1.165) is 23.0 Å². The number of hydrogen-bond donors (Lipinski definition) is 1. The minimum Gasteiger partial charge on any atom is -0.366 e. The largest absolute Gasteiger partial charge is 0.366 e. The van der Waals surface area contributed by atoms with Gasteiger partial charge in [-0.1, -0.05) is 23.7 Å². The van der Waals surface area contributed by atoms with Crippen molar-refractivity contribution in [2.24, 2.45) is 0 Å². The van der Waals surface area contributed by atoms with Gasteiger partial charge in [-0.15, -0.1) is 0 Å². The fourth-order valence-electron chi connectivity index (χ4n) is 2.43. The summed E-state index contributed by atoms with van der Waals surface area (Å²) < 4.78 is 5.53. The monoisotopic (exact) mass is 305 g/mol. The lowest BCUT2D eigenvalue weighted by Gasteiger charge is -2.29. The molecule has 0 radical (unpaired) electrons. The van der Waals surface area contributed by atoms with Crippen LogP contribution < -0.4 is 5.32 Å². The van der Waals surface area contributed by atoms with Crippen molar-refractivity contribution in [2.45, 2.75) is 6.10 Å². The van der Waals surface area contributed by atoms with Crippen molar-refractivity contribution in [2.75, 3.05) is 32.1 Å². The average Bonchev–Trinajstić information content (AvgIpc) is 2.48. The summed E-state index contributed by atoms with van der Waals surface area (Å²) in [5, 5.41) is 5.04. The van der Waals surface area contributed by atoms with Gasteiger partial charge in [0.25, 0.3) is 5.91 Å². The second-order valence-corrected chi connectivity index (χ2v) is 5.47. The lowest BCUT2D eigenvalue weighted by molar-refractivity contribution is -0.132. The summed E-state index contributed by atoms with van der Waals surface area (Å²) in [5.41, 5.74) is 0.721. The molecule has 110 valence electrons. The Balaban J connectivity index is 1.85. The van der Waals surface area contributed by atoms with Gasteiger partial charge in [-0.3, -0.25) is 4.79 Å². The SMILES string of the molecule is CN1CCOC(C(=O)Nc2cccc3c(Cl)nccc23)C1. The third-order valence-corrected chi connectivity index (χ3v) is 3.88. The topological polar surface area (TPSA) is 54.5 Å². The van der Waals surface area contributed by atoms with Crippen LogP contribution in [0.3, 0.4) is 0 Å². The molecule has 0 spiro atoms. The molecular formula is C15H16ClN3O2. The van der Waals surface area contributed by atoms with Crippen LogP contribution in [0.15, 0.2) is 30.5 Å². The summed E-state index contributed by atoms with van der Waals surface area (Å²) in [4.78, 5) is 18.5. The highest BCUT2D eigenvalue weighted by molar-refractivity contribution is 6.34. The van der Waals surface area contributed by atoms with E-state index in [1.807, 2.05) is 31.3 Å². The zero-order valence-electron chi connectivity index (χ0n) is 11.7. The van der Waals surface area contributed by atoms with Crippen LogP contribution in [0.2, 0.25) is 5.15 Å². The summed E-state index contributed by atoms with van der Waals surface area (Å²) >= 11 is 6.08. The van der Waals surface area contributed by atoms with Crippen LogP contribution in [0.25, 0.3) is 10.8 Å². The molecule has 3 rings (SSSR count). The predicted octanol–water partition coefficient (Wildman–Crippen LogP) is 2.16. The zero-order chi connectivity index (χ0) is 14.8. The second kappa shape index (κ2) is 5.97. The van der Waals surface area contributed by atoms with Crippen LogP contribution >= 0.6 is 11.6 Å². The summed E-state index contributed by atoms with van der Waals surface area (Å²) in [6, 6.07) is 7.42. The molecule has 1 N–H and O–H groups in total. The molecule has 1 aliphatic rings. The maximum absolute atomic E-state index is 12.3. The number of benzene rings is 1. The summed E-state index contributed by atoms with van der Waals surface area (Å²) in [6.45, 7) is 2.01. The third kappa shape index (κ3) is 3.00. The Bertz CT molecular complexity index is 677. The molecule has 6 heteroatoms. The zero-order valence-corrected chi connectivity index (χ0v) is 12.4. The molecule has 1 saturated heterocycles. The minimum absolute atomic E-state index is 0.137. The van der Waals surface area contributed by atoms with Gasteiger partial charge in [-0.05, 0) is 19.2 Å². The number of hydrogen-bond acceptors (Lipinski definition) is 4. The summed E-state index contributed by atoms with van der Waals surface area (Å²) in [6.07, 6.45) is 1.18. The van der Waals surface area contributed by atoms with Crippen LogP contribution in [0.5, 0.6) is 0 Å². The van der Waals surface area contributed by atoms with Crippen molar-refractivity contribution >= 4 is 34.0 Å². The normalized spacial score (nSPS) is 19.6. The number of morpholine rings is 1. The average molecular weight is 306 g/mol. The van der Waals surface area contributed by atoms with Crippen LogP contribution in [-0.2, 0) is 9.53 Å². The van der Waals surface area contributed by atoms with E-state index >= 15 is 0 Å². The van der Waals surface area contributed by atoms with Crippen molar-refractivity contribution in [1.29, 1.82) is 0 Å². The number of aromatic nitrogens is 1. The fourth-order valence-corrected chi connectivity index (χ4v) is 2.65. The number of nitrogens with zero attached hydrogens (tertiary/aromatic N) is 2. The van der Waals surface area contributed by atoms with Gasteiger partial charge >= 0.3 is 0 Å². The van der Waals surface area contributed by atoms with E-state index in [1.165, 1.54) is 0 Å². The van der Waals surface area contributed by atoms with Gasteiger partial charge in [0.05, 0.1) is 6.61 Å². The Labute approximate surface area is 127 Å². The number of pyridine rings is 1. The molecule has 0 saturated carbocycles. The number of carbonyl (C=O) groups is 1. The molecule has 1 fully saturated rings. The Morgan fingerprint density at radius 3 is 3.10 bits per heavy atom. The minimum atomic E-state index is -0.448. The first kappa shape index (κ1) is 14.3. The van der Waals surface area contributed by atoms with Crippen LogP contribution in [-0.4, -0.2) is 48.6 Å². The number of carbonyl (C=O) groups excluding carboxylic acids is 1. The molecule has 1 aromatic heterocycles. The highest BCUT2D eigenvalue weighted by Crippen LogP contribution is 2.27. The molecule has 2 aromatic rings. The van der Waals surface area contributed by atoms with Crippen LogP contribution in [0.4, 0.5) is 5.69 Å². The highest BCUT2D eigenvalue weighted by atomic mass is 35.5. The molecule has 1 amide bonds. The van der Waals surface area contributed by atoms with E-state index in [-0.39, 0.29) is 5.91 Å². The van der Waals surface area contributed by atoms with Crippen molar-refractivity contribution in [3.8, 4) is 0 Å². The maximum atomic E-state index is 12.3. The van der Waals surface area contributed by atoms with Crippen LogP contribution in [0.1, 0.15) is 0 Å². The van der Waals surface area contributed by atoms with E-state index in [4.69, 9.17) is 16.3 Å². The molecule has 1 unspecified atom stereocenters. The number of rotatable bonds is 2. The standard InChI is InChI=1S/C15H16ClN3O2/c1-19-7-8-21-13(9-19)15(20)18-12-4-2-3-11-10(12)5-6-17-14(11)16/h2-6,13H,7-9H2,1H3,(H,18,20). The molecule has 1 aliphatic heterocycles.